The van der Waals surface area contributed by atoms with Crippen molar-refractivity contribution in [2.24, 2.45) is 0 Å². The van der Waals surface area contributed by atoms with E-state index in [1.165, 1.54) is 13.2 Å². The minimum Gasteiger partial charge on any atom is -0.464 e. The second kappa shape index (κ2) is 7.19. The van der Waals surface area contributed by atoms with Crippen LogP contribution in [0, 0.1) is 0 Å². The molecule has 0 radical (unpaired) electrons. The topological polar surface area (TPSA) is 82.3 Å². The molecule has 6 heteroatoms. The third kappa shape index (κ3) is 4.33. The molecule has 0 amide bonds. The Morgan fingerprint density at radius 3 is 2.20 bits per heavy atom. The number of benzene rings is 1. The van der Waals surface area contributed by atoms with Crippen molar-refractivity contribution in [3.63, 3.8) is 0 Å². The number of aromatic nitrogens is 1. The molecule has 0 spiro atoms. The molecule has 132 valence electrons. The molecule has 0 aliphatic rings. The van der Waals surface area contributed by atoms with E-state index < -0.39 is 14.0 Å². The van der Waals surface area contributed by atoms with E-state index in [0.717, 1.165) is 11.1 Å². The van der Waals surface area contributed by atoms with Crippen molar-refractivity contribution in [2.45, 2.75) is 32.1 Å². The lowest BCUT2D eigenvalue weighted by atomic mass is 10.0. The normalized spacial score (nSPS) is 12.5. The van der Waals surface area contributed by atoms with Crippen molar-refractivity contribution in [2.75, 3.05) is 12.8 Å². The van der Waals surface area contributed by atoms with Gasteiger partial charge in [0.15, 0.2) is 5.69 Å². The first-order chi connectivity index (χ1) is 11.6. The van der Waals surface area contributed by atoms with Crippen molar-refractivity contribution in [3.8, 4) is 11.3 Å². The molecule has 2 N–H and O–H groups in total. The average molecular weight is 356 g/mol. The summed E-state index contributed by atoms with van der Waals surface area (Å²) in [7, 11) is -0.366. The van der Waals surface area contributed by atoms with Gasteiger partial charge in [-0.3, -0.25) is 4.79 Å². The van der Waals surface area contributed by atoms with E-state index in [-0.39, 0.29) is 17.0 Å². The number of nitrogen functional groups attached to an aromatic ring is 1. The van der Waals surface area contributed by atoms with Gasteiger partial charge in [-0.25, -0.2) is 9.78 Å². The smallest absolute Gasteiger partial charge is 0.356 e. The number of hydrogen-bond donors (Lipinski definition) is 1. The molecule has 0 bridgehead atoms. The molecular formula is C19H24N2O3Si. The van der Waals surface area contributed by atoms with Crippen molar-refractivity contribution >= 4 is 25.5 Å². The molecule has 0 fully saturated rings. The Balaban J connectivity index is 2.42. The number of rotatable bonds is 5. The molecule has 1 aromatic heterocycles. The summed E-state index contributed by atoms with van der Waals surface area (Å²) in [4.78, 5) is 28.1. The summed E-state index contributed by atoms with van der Waals surface area (Å²) in [6.45, 7) is 8.22. The van der Waals surface area contributed by atoms with Crippen LogP contribution in [0.25, 0.3) is 11.3 Å². The van der Waals surface area contributed by atoms with E-state index in [4.69, 9.17) is 10.5 Å². The van der Waals surface area contributed by atoms with Crippen molar-refractivity contribution in [3.05, 3.63) is 47.7 Å². The number of pyridine rings is 1. The van der Waals surface area contributed by atoms with E-state index >= 15 is 0 Å². The highest BCUT2D eigenvalue weighted by atomic mass is 28.3. The monoisotopic (exact) mass is 356 g/mol. The van der Waals surface area contributed by atoms with Gasteiger partial charge in [-0.1, -0.05) is 43.9 Å². The standard InChI is InChI=1S/C19H24N2O3Si/c1-12(22)18(25(3,4)5)14-8-6-13(7-9-14)16-10-15(20)11-17(21-16)19(23)24-2/h6-11,18H,1-5H3,(H2,20,21). The summed E-state index contributed by atoms with van der Waals surface area (Å²) >= 11 is 0. The fourth-order valence-electron chi connectivity index (χ4n) is 3.10. The Morgan fingerprint density at radius 1 is 1.12 bits per heavy atom. The van der Waals surface area contributed by atoms with Crippen LogP contribution in [0.3, 0.4) is 0 Å². The summed E-state index contributed by atoms with van der Waals surface area (Å²) in [5, 5.41) is 0. The molecule has 1 unspecified atom stereocenters. The first kappa shape index (κ1) is 18.9. The molecule has 0 aliphatic carbocycles. The number of nitrogens with zero attached hydrogens (tertiary/aromatic N) is 1. The van der Waals surface area contributed by atoms with Crippen LogP contribution < -0.4 is 5.73 Å². The molecule has 0 aliphatic heterocycles. The Labute approximate surface area is 149 Å². The zero-order chi connectivity index (χ0) is 18.8. The minimum absolute atomic E-state index is 0.0408. The first-order valence-electron chi connectivity index (χ1n) is 8.10. The SMILES string of the molecule is COC(=O)c1cc(N)cc(-c2ccc(C(C(C)=O)[Si](C)(C)C)cc2)n1. The molecule has 2 rings (SSSR count). The number of esters is 1. The lowest BCUT2D eigenvalue weighted by Gasteiger charge is -2.27. The highest BCUT2D eigenvalue weighted by Gasteiger charge is 2.31. The molecule has 1 aromatic carbocycles. The van der Waals surface area contributed by atoms with E-state index in [1.807, 2.05) is 24.3 Å². The number of carbonyl (C=O) groups is 2. The van der Waals surface area contributed by atoms with Gasteiger partial charge in [-0.2, -0.15) is 0 Å². The second-order valence-electron chi connectivity index (χ2n) is 7.19. The predicted molar refractivity (Wildman–Crippen MR) is 102 cm³/mol. The van der Waals surface area contributed by atoms with Crippen molar-refractivity contribution in [1.29, 1.82) is 0 Å². The highest BCUT2D eigenvalue weighted by molar-refractivity contribution is 6.80. The summed E-state index contributed by atoms with van der Waals surface area (Å²) in [5.41, 5.74) is 8.90. The van der Waals surface area contributed by atoms with E-state index in [1.54, 1.807) is 13.0 Å². The molecule has 0 saturated carbocycles. The maximum absolute atomic E-state index is 12.1. The van der Waals surface area contributed by atoms with Gasteiger partial charge in [0.2, 0.25) is 0 Å². The first-order valence-corrected chi connectivity index (χ1v) is 11.7. The largest absolute Gasteiger partial charge is 0.464 e. The quantitative estimate of drug-likeness (QED) is 0.653. The zero-order valence-corrected chi connectivity index (χ0v) is 16.3. The van der Waals surface area contributed by atoms with Crippen LogP contribution >= 0.6 is 0 Å². The Hall–Kier alpha value is -2.47. The summed E-state index contributed by atoms with van der Waals surface area (Å²) in [6, 6.07) is 10.9. The van der Waals surface area contributed by atoms with Gasteiger partial charge in [0, 0.05) is 16.8 Å². The average Bonchev–Trinajstić information content (AvgIpc) is 2.52. The maximum atomic E-state index is 12.1. The van der Waals surface area contributed by atoms with Gasteiger partial charge in [-0.05, 0) is 24.6 Å². The van der Waals surface area contributed by atoms with Crippen LogP contribution in [0.1, 0.15) is 28.5 Å². The fraction of sp³-hybridized carbons (Fsp3) is 0.316. The van der Waals surface area contributed by atoms with Crippen molar-refractivity contribution < 1.29 is 14.3 Å². The fourth-order valence-corrected chi connectivity index (χ4v) is 5.51. The third-order valence-electron chi connectivity index (χ3n) is 4.05. The van der Waals surface area contributed by atoms with Crippen LogP contribution in [-0.2, 0) is 9.53 Å². The van der Waals surface area contributed by atoms with Gasteiger partial charge < -0.3 is 10.5 Å². The van der Waals surface area contributed by atoms with E-state index in [9.17, 15) is 9.59 Å². The van der Waals surface area contributed by atoms with Crippen LogP contribution in [0.5, 0.6) is 0 Å². The molecular weight excluding hydrogens is 332 g/mol. The number of hydrogen-bond acceptors (Lipinski definition) is 5. The highest BCUT2D eigenvalue weighted by Crippen LogP contribution is 2.30. The number of methoxy groups -OCH3 is 1. The molecule has 25 heavy (non-hydrogen) atoms. The molecule has 1 heterocycles. The molecule has 0 saturated heterocycles. The van der Waals surface area contributed by atoms with Gasteiger partial charge in [0.25, 0.3) is 0 Å². The van der Waals surface area contributed by atoms with E-state index in [2.05, 4.69) is 24.6 Å². The minimum atomic E-state index is -1.67. The summed E-state index contributed by atoms with van der Waals surface area (Å²) in [6.07, 6.45) is 0. The lowest BCUT2D eigenvalue weighted by Crippen LogP contribution is -2.35. The predicted octanol–water partition coefficient (Wildman–Crippen LogP) is 3.67. The Morgan fingerprint density at radius 2 is 1.72 bits per heavy atom. The second-order valence-corrected chi connectivity index (χ2v) is 12.5. The summed E-state index contributed by atoms with van der Waals surface area (Å²) < 4.78 is 4.71. The number of Topliss-reactive ketones (excluding diaryl/α,β-unsaturated/α-hetero) is 1. The number of carbonyl (C=O) groups excluding carboxylic acids is 2. The Bertz CT molecular complexity index is 795. The van der Waals surface area contributed by atoms with Crippen LogP contribution in [-0.4, -0.2) is 31.9 Å². The number of anilines is 1. The number of ether oxygens (including phenoxy) is 1. The summed E-state index contributed by atoms with van der Waals surface area (Å²) in [5.74, 6) is -0.331. The van der Waals surface area contributed by atoms with Crippen LogP contribution in [0.4, 0.5) is 5.69 Å². The van der Waals surface area contributed by atoms with Gasteiger partial charge >= 0.3 is 5.97 Å². The molecule has 1 atom stereocenters. The van der Waals surface area contributed by atoms with Gasteiger partial charge in [0.1, 0.15) is 5.78 Å². The number of nitrogens with two attached hydrogens (primary N) is 1. The third-order valence-corrected chi connectivity index (χ3v) is 6.53. The Kier molecular flexibility index (Phi) is 5.42. The molecule has 5 nitrogen and oxygen atoms in total. The van der Waals surface area contributed by atoms with Crippen LogP contribution in [0.2, 0.25) is 19.6 Å². The zero-order valence-electron chi connectivity index (χ0n) is 15.3. The van der Waals surface area contributed by atoms with Crippen LogP contribution in [0.15, 0.2) is 36.4 Å². The van der Waals surface area contributed by atoms with Gasteiger partial charge in [0.05, 0.1) is 20.9 Å². The lowest BCUT2D eigenvalue weighted by molar-refractivity contribution is -0.116. The van der Waals surface area contributed by atoms with E-state index in [0.29, 0.717) is 11.4 Å². The van der Waals surface area contributed by atoms with Crippen molar-refractivity contribution in [1.82, 2.24) is 4.98 Å². The number of ketones is 1. The molecule has 2 aromatic rings. The van der Waals surface area contributed by atoms with Gasteiger partial charge in [-0.15, -0.1) is 0 Å². The maximum Gasteiger partial charge on any atom is 0.356 e.